The van der Waals surface area contributed by atoms with Crippen LogP contribution >= 0.6 is 12.2 Å². The third-order valence-corrected chi connectivity index (χ3v) is 4.03. The highest BCUT2D eigenvalue weighted by Gasteiger charge is 2.12. The zero-order valence-corrected chi connectivity index (χ0v) is 15.6. The van der Waals surface area contributed by atoms with Gasteiger partial charge in [0.15, 0.2) is 5.11 Å². The summed E-state index contributed by atoms with van der Waals surface area (Å²) in [5, 5.41) is 14.8. The standard InChI is InChI=1S/C19H22N2O4S/c1-3-4-5-6-17(22)21-19(26)20-13-7-8-14(12(2)11-13)15-9-10-16(25-15)18(23)24/h7-11H,3-6H2,1-2H3,(H,23,24)(H2,20,21,22,26). The lowest BCUT2D eigenvalue weighted by molar-refractivity contribution is -0.119. The number of unbranched alkanes of at least 4 members (excludes halogenated alkanes) is 2. The molecular weight excluding hydrogens is 352 g/mol. The van der Waals surface area contributed by atoms with Gasteiger partial charge in [0.05, 0.1) is 0 Å². The highest BCUT2D eigenvalue weighted by Crippen LogP contribution is 2.27. The molecule has 0 unspecified atom stereocenters. The van der Waals surface area contributed by atoms with E-state index in [2.05, 4.69) is 17.6 Å². The number of hydrogen-bond donors (Lipinski definition) is 3. The molecule has 26 heavy (non-hydrogen) atoms. The van der Waals surface area contributed by atoms with E-state index in [0.717, 1.165) is 36.1 Å². The molecule has 6 nitrogen and oxygen atoms in total. The molecule has 138 valence electrons. The summed E-state index contributed by atoms with van der Waals surface area (Å²) < 4.78 is 5.33. The highest BCUT2D eigenvalue weighted by molar-refractivity contribution is 7.80. The van der Waals surface area contributed by atoms with Crippen molar-refractivity contribution in [2.45, 2.75) is 39.5 Å². The van der Waals surface area contributed by atoms with Crippen LogP contribution < -0.4 is 10.6 Å². The van der Waals surface area contributed by atoms with Gasteiger partial charge in [0.2, 0.25) is 11.7 Å². The summed E-state index contributed by atoms with van der Waals surface area (Å²) in [5.74, 6) is -0.819. The van der Waals surface area contributed by atoms with Gasteiger partial charge in [-0.1, -0.05) is 19.8 Å². The molecule has 3 N–H and O–H groups in total. The second-order valence-electron chi connectivity index (χ2n) is 5.96. The Morgan fingerprint density at radius 2 is 1.96 bits per heavy atom. The Balaban J connectivity index is 1.99. The van der Waals surface area contributed by atoms with Crippen LogP contribution in [0, 0.1) is 6.92 Å². The van der Waals surface area contributed by atoms with Crippen molar-refractivity contribution in [2.75, 3.05) is 5.32 Å². The molecule has 1 amide bonds. The monoisotopic (exact) mass is 374 g/mol. The molecule has 0 saturated carbocycles. The second kappa shape index (κ2) is 9.15. The van der Waals surface area contributed by atoms with Crippen LogP contribution in [0.25, 0.3) is 11.3 Å². The van der Waals surface area contributed by atoms with E-state index in [1.165, 1.54) is 6.07 Å². The molecule has 0 aliphatic heterocycles. The number of aromatic carboxylic acids is 1. The zero-order valence-electron chi connectivity index (χ0n) is 14.8. The number of amides is 1. The predicted molar refractivity (Wildman–Crippen MR) is 104 cm³/mol. The van der Waals surface area contributed by atoms with Crippen LogP contribution in [0.15, 0.2) is 34.7 Å². The number of carboxylic acids is 1. The molecule has 0 aliphatic carbocycles. The summed E-state index contributed by atoms with van der Waals surface area (Å²) >= 11 is 5.17. The highest BCUT2D eigenvalue weighted by atomic mass is 32.1. The van der Waals surface area contributed by atoms with Crippen LogP contribution in [-0.4, -0.2) is 22.1 Å². The van der Waals surface area contributed by atoms with Crippen molar-refractivity contribution in [1.29, 1.82) is 0 Å². The number of carboxylic acid groups (broad SMARTS) is 1. The maximum Gasteiger partial charge on any atom is 0.371 e. The van der Waals surface area contributed by atoms with Gasteiger partial charge >= 0.3 is 5.97 Å². The Kier molecular flexibility index (Phi) is 6.91. The van der Waals surface area contributed by atoms with Crippen molar-refractivity contribution in [3.05, 3.63) is 41.7 Å². The minimum Gasteiger partial charge on any atom is -0.475 e. The topological polar surface area (TPSA) is 91.6 Å². The zero-order chi connectivity index (χ0) is 19.1. The fourth-order valence-corrected chi connectivity index (χ4v) is 2.73. The third kappa shape index (κ3) is 5.42. The molecule has 0 aliphatic rings. The number of hydrogen-bond acceptors (Lipinski definition) is 4. The predicted octanol–water partition coefficient (Wildman–Crippen LogP) is 4.35. The minimum atomic E-state index is -1.10. The maximum absolute atomic E-state index is 11.8. The van der Waals surface area contributed by atoms with Crippen LogP contribution in [0.3, 0.4) is 0 Å². The van der Waals surface area contributed by atoms with E-state index in [1.807, 2.05) is 19.1 Å². The molecule has 2 rings (SSSR count). The van der Waals surface area contributed by atoms with Gasteiger partial charge in [-0.15, -0.1) is 0 Å². The van der Waals surface area contributed by atoms with E-state index >= 15 is 0 Å². The van der Waals surface area contributed by atoms with E-state index in [4.69, 9.17) is 21.7 Å². The molecule has 0 saturated heterocycles. The average molecular weight is 374 g/mol. The molecular formula is C19H22N2O4S. The molecule has 1 heterocycles. The molecule has 0 spiro atoms. The molecule has 1 aromatic carbocycles. The summed E-state index contributed by atoms with van der Waals surface area (Å²) in [4.78, 5) is 22.7. The summed E-state index contributed by atoms with van der Waals surface area (Å²) in [6, 6.07) is 8.51. The SMILES string of the molecule is CCCCCC(=O)NC(=S)Nc1ccc(-c2ccc(C(=O)O)o2)c(C)c1. The van der Waals surface area contributed by atoms with E-state index in [9.17, 15) is 9.59 Å². The molecule has 1 aromatic heterocycles. The number of rotatable bonds is 7. The van der Waals surface area contributed by atoms with Crippen LogP contribution in [0.1, 0.15) is 48.7 Å². The number of nitrogens with one attached hydrogen (secondary N) is 2. The first-order valence-corrected chi connectivity index (χ1v) is 8.86. The Morgan fingerprint density at radius 3 is 2.58 bits per heavy atom. The van der Waals surface area contributed by atoms with Gasteiger partial charge in [-0.05, 0) is 61.5 Å². The Bertz CT molecular complexity index is 814. The van der Waals surface area contributed by atoms with Gasteiger partial charge in [0, 0.05) is 17.7 Å². The average Bonchev–Trinajstić information content (AvgIpc) is 3.05. The van der Waals surface area contributed by atoms with Crippen molar-refractivity contribution in [2.24, 2.45) is 0 Å². The molecule has 0 bridgehead atoms. The summed E-state index contributed by atoms with van der Waals surface area (Å²) in [6.45, 7) is 3.97. The Labute approximate surface area is 157 Å². The van der Waals surface area contributed by atoms with Gasteiger partial charge in [0.25, 0.3) is 0 Å². The number of aryl methyl sites for hydroxylation is 1. The molecule has 0 radical (unpaired) electrons. The molecule has 0 fully saturated rings. The van der Waals surface area contributed by atoms with E-state index in [0.29, 0.717) is 12.2 Å². The van der Waals surface area contributed by atoms with Crippen molar-refractivity contribution >= 4 is 34.9 Å². The normalized spacial score (nSPS) is 10.4. The fourth-order valence-electron chi connectivity index (χ4n) is 2.50. The lowest BCUT2D eigenvalue weighted by Crippen LogP contribution is -2.33. The number of carbonyl (C=O) groups is 2. The smallest absolute Gasteiger partial charge is 0.371 e. The van der Waals surface area contributed by atoms with Crippen molar-refractivity contribution in [3.8, 4) is 11.3 Å². The van der Waals surface area contributed by atoms with Crippen LogP contribution in [0.4, 0.5) is 5.69 Å². The summed E-state index contributed by atoms with van der Waals surface area (Å²) in [5.41, 5.74) is 2.41. The lowest BCUT2D eigenvalue weighted by Gasteiger charge is -2.11. The summed E-state index contributed by atoms with van der Waals surface area (Å²) in [6.07, 6.45) is 3.38. The second-order valence-corrected chi connectivity index (χ2v) is 6.37. The first-order valence-electron chi connectivity index (χ1n) is 8.45. The quantitative estimate of drug-likeness (QED) is 0.493. The summed E-state index contributed by atoms with van der Waals surface area (Å²) in [7, 11) is 0. The van der Waals surface area contributed by atoms with Crippen LogP contribution in [0.5, 0.6) is 0 Å². The van der Waals surface area contributed by atoms with Crippen molar-refractivity contribution in [3.63, 3.8) is 0 Å². The van der Waals surface area contributed by atoms with E-state index in [1.54, 1.807) is 12.1 Å². The molecule has 0 atom stereocenters. The molecule has 2 aromatic rings. The number of carbonyl (C=O) groups excluding carboxylic acids is 1. The first kappa shape index (κ1) is 19.7. The third-order valence-electron chi connectivity index (χ3n) is 3.83. The van der Waals surface area contributed by atoms with Gasteiger partial charge in [0.1, 0.15) is 5.76 Å². The Hall–Kier alpha value is -2.67. The van der Waals surface area contributed by atoms with Crippen molar-refractivity contribution < 1.29 is 19.1 Å². The number of thiocarbonyl (C=S) groups is 1. The molecule has 7 heteroatoms. The van der Waals surface area contributed by atoms with Gasteiger partial charge < -0.3 is 20.2 Å². The number of anilines is 1. The minimum absolute atomic E-state index is 0.0962. The van der Waals surface area contributed by atoms with Gasteiger partial charge in [-0.3, -0.25) is 4.79 Å². The van der Waals surface area contributed by atoms with Gasteiger partial charge in [-0.25, -0.2) is 4.79 Å². The maximum atomic E-state index is 11.8. The Morgan fingerprint density at radius 1 is 1.19 bits per heavy atom. The first-order chi connectivity index (χ1) is 12.4. The van der Waals surface area contributed by atoms with Crippen LogP contribution in [0.2, 0.25) is 0 Å². The fraction of sp³-hybridized carbons (Fsp3) is 0.316. The number of benzene rings is 1. The largest absolute Gasteiger partial charge is 0.475 e. The lowest BCUT2D eigenvalue weighted by atomic mass is 10.1. The van der Waals surface area contributed by atoms with Gasteiger partial charge in [-0.2, -0.15) is 0 Å². The van der Waals surface area contributed by atoms with Crippen molar-refractivity contribution in [1.82, 2.24) is 5.32 Å². The van der Waals surface area contributed by atoms with E-state index in [-0.39, 0.29) is 16.8 Å². The van der Waals surface area contributed by atoms with E-state index < -0.39 is 5.97 Å². The van der Waals surface area contributed by atoms with Crippen LogP contribution in [-0.2, 0) is 4.79 Å². The number of furan rings is 1.